The van der Waals surface area contributed by atoms with Crippen molar-refractivity contribution in [2.75, 3.05) is 6.61 Å². The van der Waals surface area contributed by atoms with Gasteiger partial charge in [-0.15, -0.1) is 0 Å². The van der Waals surface area contributed by atoms with Gasteiger partial charge in [-0.3, -0.25) is 19.3 Å². The molecule has 2 aromatic carbocycles. The van der Waals surface area contributed by atoms with E-state index in [1.165, 1.54) is 0 Å². The third-order valence-corrected chi connectivity index (χ3v) is 6.70. The number of nitrogens with zero attached hydrogens (tertiary/aromatic N) is 1. The topological polar surface area (TPSA) is 142 Å². The van der Waals surface area contributed by atoms with Crippen LogP contribution in [0.25, 0.3) is 0 Å². The molecule has 0 aromatic heterocycles. The molecule has 1 aliphatic rings. The van der Waals surface area contributed by atoms with Crippen LogP contribution in [0.3, 0.4) is 0 Å². The molecule has 10 heteroatoms. The number of benzene rings is 2. The lowest BCUT2D eigenvalue weighted by atomic mass is 9.97. The molecule has 0 aliphatic carbocycles. The summed E-state index contributed by atoms with van der Waals surface area (Å²) in [5.74, 6) is -4.53. The highest BCUT2D eigenvalue weighted by Gasteiger charge is 2.51. The number of hydrogen-bond acceptors (Lipinski definition) is 8. The maximum Gasteiger partial charge on any atom is 0.345 e. The number of esters is 2. The highest BCUT2D eigenvalue weighted by atomic mass is 16.5. The van der Waals surface area contributed by atoms with Crippen LogP contribution in [0, 0.1) is 0 Å². The van der Waals surface area contributed by atoms with Crippen LogP contribution in [0.2, 0.25) is 0 Å². The van der Waals surface area contributed by atoms with E-state index >= 15 is 0 Å². The molecule has 218 valence electrons. The molecule has 0 fully saturated rings. The van der Waals surface area contributed by atoms with E-state index in [0.29, 0.717) is 17.5 Å². The first-order valence-electron chi connectivity index (χ1n) is 13.3. The molecule has 0 atom stereocenters. The molecule has 0 spiro atoms. The molecule has 0 saturated carbocycles. The van der Waals surface area contributed by atoms with Gasteiger partial charge >= 0.3 is 11.9 Å². The highest BCUT2D eigenvalue weighted by Crippen LogP contribution is 2.32. The summed E-state index contributed by atoms with van der Waals surface area (Å²) >= 11 is 0. The van der Waals surface area contributed by atoms with Gasteiger partial charge in [-0.2, -0.15) is 0 Å². The fourth-order valence-corrected chi connectivity index (χ4v) is 4.23. The molecule has 2 aromatic rings. The molecule has 41 heavy (non-hydrogen) atoms. The Morgan fingerprint density at radius 3 is 1.59 bits per heavy atom. The minimum Gasteiger partial charge on any atom is -0.457 e. The number of primary amides is 1. The summed E-state index contributed by atoms with van der Waals surface area (Å²) < 4.78 is 16.6. The summed E-state index contributed by atoms with van der Waals surface area (Å²) in [4.78, 5) is 65.5. The van der Waals surface area contributed by atoms with Crippen molar-refractivity contribution >= 4 is 29.7 Å². The normalized spacial score (nSPS) is 13.9. The van der Waals surface area contributed by atoms with Crippen LogP contribution in [0.1, 0.15) is 58.1 Å². The maximum absolute atomic E-state index is 13.6. The summed E-state index contributed by atoms with van der Waals surface area (Å²) in [6.07, 6.45) is 0.718. The minimum absolute atomic E-state index is 0.122. The smallest absolute Gasteiger partial charge is 0.345 e. The lowest BCUT2D eigenvalue weighted by molar-refractivity contribution is -0.148. The third-order valence-electron chi connectivity index (χ3n) is 6.70. The Bertz CT molecular complexity index is 1240. The van der Waals surface area contributed by atoms with Gasteiger partial charge in [-0.05, 0) is 51.7 Å². The van der Waals surface area contributed by atoms with Gasteiger partial charge in [-0.1, -0.05) is 60.7 Å². The first-order chi connectivity index (χ1) is 19.3. The van der Waals surface area contributed by atoms with Gasteiger partial charge < -0.3 is 19.9 Å². The van der Waals surface area contributed by atoms with E-state index in [0.717, 1.165) is 4.90 Å². The summed E-state index contributed by atoms with van der Waals surface area (Å²) in [6.45, 7) is 6.68. The van der Waals surface area contributed by atoms with Crippen molar-refractivity contribution in [2.45, 2.75) is 71.3 Å². The van der Waals surface area contributed by atoms with Crippen LogP contribution in [0.5, 0.6) is 0 Å². The first kappa shape index (κ1) is 31.2. The number of carbonyl (C=O) groups is 5. The molecular formula is C31H36N2O8. The van der Waals surface area contributed by atoms with Crippen molar-refractivity contribution in [2.24, 2.45) is 5.73 Å². The van der Waals surface area contributed by atoms with E-state index in [-0.39, 0.29) is 32.7 Å². The zero-order valence-electron chi connectivity index (χ0n) is 23.8. The second-order valence-electron chi connectivity index (χ2n) is 11.0. The average Bonchev–Trinajstić information content (AvgIpc) is 3.20. The Hall–Kier alpha value is -4.31. The van der Waals surface area contributed by atoms with Crippen molar-refractivity contribution in [3.05, 3.63) is 82.9 Å². The highest BCUT2D eigenvalue weighted by molar-refractivity contribution is 6.38. The van der Waals surface area contributed by atoms with E-state index in [1.807, 2.05) is 0 Å². The van der Waals surface area contributed by atoms with Crippen LogP contribution in [0.4, 0.5) is 0 Å². The van der Waals surface area contributed by atoms with Crippen molar-refractivity contribution < 1.29 is 38.2 Å². The van der Waals surface area contributed by atoms with Gasteiger partial charge in [0.2, 0.25) is 5.91 Å². The van der Waals surface area contributed by atoms with Crippen LogP contribution < -0.4 is 5.73 Å². The molecule has 0 radical (unpaired) electrons. The van der Waals surface area contributed by atoms with E-state index < -0.39 is 51.9 Å². The molecule has 1 aliphatic heterocycles. The number of imide groups is 1. The van der Waals surface area contributed by atoms with Crippen LogP contribution in [0.15, 0.2) is 71.8 Å². The van der Waals surface area contributed by atoms with E-state index in [9.17, 15) is 24.0 Å². The number of hydrogen-bond donors (Lipinski definition) is 1. The predicted molar refractivity (Wildman–Crippen MR) is 149 cm³/mol. The first-order valence-corrected chi connectivity index (χ1v) is 13.3. The zero-order valence-corrected chi connectivity index (χ0v) is 23.8. The van der Waals surface area contributed by atoms with Gasteiger partial charge in [0, 0.05) is 18.6 Å². The molecule has 3 amide bonds. The maximum atomic E-state index is 13.6. The van der Waals surface area contributed by atoms with E-state index in [1.54, 1.807) is 88.4 Å². The molecule has 0 saturated heterocycles. The van der Waals surface area contributed by atoms with Crippen LogP contribution >= 0.6 is 0 Å². The van der Waals surface area contributed by atoms with Gasteiger partial charge in [0.1, 0.15) is 24.4 Å². The Morgan fingerprint density at radius 1 is 0.732 bits per heavy atom. The number of amides is 3. The standard InChI is InChI=1S/C31H36N2O8/c1-30(2,17-18-41-31(3,4)16-15-23(32)34)33-26(35)24(28(37)39-19-21-11-7-5-8-12-21)25(27(33)36)29(38)40-20-22-13-9-6-10-14-22/h5-14H,15-20H2,1-4H3,(H2,32,34). The minimum atomic E-state index is -1.15. The quantitative estimate of drug-likeness (QED) is 0.209. The van der Waals surface area contributed by atoms with Crippen LogP contribution in [-0.2, 0) is 51.4 Å². The monoisotopic (exact) mass is 564 g/mol. The molecule has 2 N–H and O–H groups in total. The van der Waals surface area contributed by atoms with Gasteiger partial charge in [0.05, 0.1) is 5.60 Å². The van der Waals surface area contributed by atoms with E-state index in [2.05, 4.69) is 0 Å². The summed E-state index contributed by atoms with van der Waals surface area (Å²) in [5.41, 5.74) is 3.41. The molecule has 0 unspecified atom stereocenters. The lowest BCUT2D eigenvalue weighted by Crippen LogP contribution is -2.50. The number of nitrogens with two attached hydrogens (primary N) is 1. The Balaban J connectivity index is 1.80. The van der Waals surface area contributed by atoms with Gasteiger partial charge in [-0.25, -0.2) is 9.59 Å². The van der Waals surface area contributed by atoms with Crippen molar-refractivity contribution in [1.29, 1.82) is 0 Å². The van der Waals surface area contributed by atoms with Crippen molar-refractivity contribution in [3.63, 3.8) is 0 Å². The SMILES string of the molecule is CC(C)(CCC(N)=O)OCCC(C)(C)N1C(=O)C(C(=O)OCc2ccccc2)=C(C(=O)OCc2ccccc2)C1=O. The number of carbonyl (C=O) groups excluding carboxylic acids is 5. The molecule has 1 heterocycles. The Morgan fingerprint density at radius 2 is 1.17 bits per heavy atom. The fraction of sp³-hybridized carbons (Fsp3) is 0.387. The van der Waals surface area contributed by atoms with Gasteiger partial charge in [0.25, 0.3) is 11.8 Å². The Labute approximate surface area is 239 Å². The molecule has 3 rings (SSSR count). The average molecular weight is 565 g/mol. The summed E-state index contributed by atoms with van der Waals surface area (Å²) in [6, 6.07) is 17.6. The third kappa shape index (κ3) is 8.34. The van der Waals surface area contributed by atoms with Crippen molar-refractivity contribution in [1.82, 2.24) is 4.90 Å². The summed E-state index contributed by atoms with van der Waals surface area (Å²) in [5, 5.41) is 0. The predicted octanol–water partition coefficient (Wildman–Crippen LogP) is 3.37. The van der Waals surface area contributed by atoms with Gasteiger partial charge in [0.15, 0.2) is 0 Å². The number of ether oxygens (including phenoxy) is 3. The zero-order chi connectivity index (χ0) is 30.2. The second-order valence-corrected chi connectivity index (χ2v) is 11.0. The lowest BCUT2D eigenvalue weighted by Gasteiger charge is -2.35. The molecule has 0 bridgehead atoms. The summed E-state index contributed by atoms with van der Waals surface area (Å²) in [7, 11) is 0. The fourth-order valence-electron chi connectivity index (χ4n) is 4.23. The second kappa shape index (κ2) is 13.4. The van der Waals surface area contributed by atoms with Crippen LogP contribution in [-0.4, -0.2) is 52.3 Å². The van der Waals surface area contributed by atoms with Crippen molar-refractivity contribution in [3.8, 4) is 0 Å². The molecule has 10 nitrogen and oxygen atoms in total. The molecular weight excluding hydrogens is 528 g/mol. The Kier molecular flexibility index (Phi) is 10.2. The van der Waals surface area contributed by atoms with E-state index in [4.69, 9.17) is 19.9 Å². The number of rotatable bonds is 14. The largest absolute Gasteiger partial charge is 0.457 e.